The van der Waals surface area contributed by atoms with Crippen LogP contribution in [0.25, 0.3) is 27.5 Å². The van der Waals surface area contributed by atoms with E-state index in [2.05, 4.69) is 6.58 Å². The Kier molecular flexibility index (Phi) is 3.63. The quantitative estimate of drug-likeness (QED) is 0.476. The summed E-state index contributed by atoms with van der Waals surface area (Å²) in [4.78, 5) is 0. The van der Waals surface area contributed by atoms with Crippen LogP contribution in [0.4, 0.5) is 0 Å². The minimum Gasteiger partial charge on any atom is -0.618 e. The minimum absolute atomic E-state index is 0.573. The van der Waals surface area contributed by atoms with Gasteiger partial charge in [0.05, 0.1) is 10.9 Å². The van der Waals surface area contributed by atoms with Crippen LogP contribution < -0.4 is 4.73 Å². The maximum atomic E-state index is 12.7. The molecule has 0 saturated carbocycles. The third kappa shape index (κ3) is 2.16. The topological polar surface area (TPSA) is 26.9 Å². The normalized spacial score (nSPS) is 10.9. The fraction of sp³-hybridized carbons (Fsp3) is 0.105. The van der Waals surface area contributed by atoms with Crippen LogP contribution in [0.1, 0.15) is 18.3 Å². The summed E-state index contributed by atoms with van der Waals surface area (Å²) in [5, 5.41) is 15.2. The largest absolute Gasteiger partial charge is 0.618 e. The average molecular weight is 310 g/mol. The van der Waals surface area contributed by atoms with E-state index in [0.29, 0.717) is 16.4 Å². The van der Waals surface area contributed by atoms with Gasteiger partial charge in [0.25, 0.3) is 0 Å². The molecule has 0 bridgehead atoms. The van der Waals surface area contributed by atoms with E-state index >= 15 is 0 Å². The van der Waals surface area contributed by atoms with Crippen molar-refractivity contribution in [3.63, 3.8) is 0 Å². The van der Waals surface area contributed by atoms with Gasteiger partial charge in [-0.25, -0.2) is 0 Å². The van der Waals surface area contributed by atoms with Crippen LogP contribution in [0.15, 0.2) is 55.1 Å². The molecule has 0 aliphatic carbocycles. The van der Waals surface area contributed by atoms with Gasteiger partial charge in [-0.2, -0.15) is 4.73 Å². The predicted octanol–water partition coefficient (Wildman–Crippen LogP) is 5.14. The number of hydrogen-bond donors (Lipinski definition) is 0. The summed E-state index contributed by atoms with van der Waals surface area (Å²) in [7, 11) is 0. The van der Waals surface area contributed by atoms with Gasteiger partial charge in [0, 0.05) is 22.9 Å². The van der Waals surface area contributed by atoms with E-state index in [0.717, 1.165) is 32.2 Å². The van der Waals surface area contributed by atoms with Crippen molar-refractivity contribution in [1.29, 1.82) is 0 Å². The van der Waals surface area contributed by atoms with Crippen molar-refractivity contribution in [1.82, 2.24) is 0 Å². The van der Waals surface area contributed by atoms with Crippen LogP contribution in [-0.2, 0) is 0 Å². The lowest BCUT2D eigenvalue weighted by atomic mass is 9.93. The van der Waals surface area contributed by atoms with E-state index in [1.54, 1.807) is 0 Å². The molecule has 0 fully saturated rings. The maximum absolute atomic E-state index is 12.7. The Bertz CT molecular complexity index is 885. The van der Waals surface area contributed by atoms with Crippen molar-refractivity contribution in [2.45, 2.75) is 13.8 Å². The Hall–Kier alpha value is -2.32. The zero-order valence-corrected chi connectivity index (χ0v) is 13.3. The molecule has 0 atom stereocenters. The molecule has 0 spiro atoms. The van der Waals surface area contributed by atoms with Gasteiger partial charge in [0.1, 0.15) is 0 Å². The monoisotopic (exact) mass is 309 g/mol. The maximum Gasteiger partial charge on any atom is 0.227 e. The van der Waals surface area contributed by atoms with E-state index < -0.39 is 0 Å². The summed E-state index contributed by atoms with van der Waals surface area (Å²) in [6.45, 7) is 7.64. The molecule has 0 amide bonds. The third-order valence-corrected chi connectivity index (χ3v) is 4.18. The number of benzene rings is 2. The Morgan fingerprint density at radius 2 is 1.77 bits per heavy atom. The van der Waals surface area contributed by atoms with Crippen molar-refractivity contribution in [2.75, 3.05) is 0 Å². The summed E-state index contributed by atoms with van der Waals surface area (Å²) in [5.41, 5.74) is 3.73. The van der Waals surface area contributed by atoms with Crippen LogP contribution in [0.2, 0.25) is 5.02 Å². The van der Waals surface area contributed by atoms with E-state index in [1.165, 1.54) is 0 Å². The Morgan fingerprint density at radius 1 is 1.09 bits per heavy atom. The van der Waals surface area contributed by atoms with Crippen LogP contribution in [0.5, 0.6) is 0 Å². The van der Waals surface area contributed by atoms with Crippen molar-refractivity contribution in [3.8, 4) is 11.1 Å². The highest BCUT2D eigenvalue weighted by molar-refractivity contribution is 6.37. The van der Waals surface area contributed by atoms with E-state index in [4.69, 9.17) is 11.6 Å². The van der Waals surface area contributed by atoms with Crippen LogP contribution in [0.3, 0.4) is 0 Å². The van der Waals surface area contributed by atoms with Gasteiger partial charge in [-0.05, 0) is 24.6 Å². The molecule has 1 heterocycles. The first kappa shape index (κ1) is 14.6. The second-order valence-electron chi connectivity index (χ2n) is 5.41. The Morgan fingerprint density at radius 3 is 2.41 bits per heavy atom. The first-order valence-electron chi connectivity index (χ1n) is 7.08. The second kappa shape index (κ2) is 5.47. The molecule has 3 aromatic rings. The lowest BCUT2D eigenvalue weighted by Crippen LogP contribution is -2.35. The molecule has 0 aliphatic heterocycles. The zero-order valence-electron chi connectivity index (χ0n) is 12.6. The van der Waals surface area contributed by atoms with Gasteiger partial charge < -0.3 is 5.21 Å². The number of aryl methyl sites for hydroxylation is 1. The van der Waals surface area contributed by atoms with Gasteiger partial charge in [-0.1, -0.05) is 54.6 Å². The standard InChI is InChI=1S/C19H16ClNO/c1-12(2)19-17(14-8-5-4-6-9-14)18-15(13(3)21(19)22)10-7-11-16(18)20/h4-11H,1H2,2-3H3. The number of hydrogen-bond acceptors (Lipinski definition) is 1. The summed E-state index contributed by atoms with van der Waals surface area (Å²) in [6, 6.07) is 15.5. The first-order valence-corrected chi connectivity index (χ1v) is 7.45. The van der Waals surface area contributed by atoms with Crippen LogP contribution in [-0.4, -0.2) is 0 Å². The fourth-order valence-electron chi connectivity index (χ4n) is 2.85. The Balaban J connectivity index is 2.60. The van der Waals surface area contributed by atoms with Gasteiger partial charge in [-0.15, -0.1) is 0 Å². The molecule has 1 aromatic heterocycles. The van der Waals surface area contributed by atoms with E-state index in [1.807, 2.05) is 62.4 Å². The number of pyridine rings is 1. The first-order chi connectivity index (χ1) is 10.5. The molecule has 0 saturated heterocycles. The summed E-state index contributed by atoms with van der Waals surface area (Å²) in [5.74, 6) is 0. The number of rotatable bonds is 2. The predicted molar refractivity (Wildman–Crippen MR) is 92.8 cm³/mol. The number of aromatic nitrogens is 1. The molecule has 0 unspecified atom stereocenters. The summed E-state index contributed by atoms with van der Waals surface area (Å²) in [6.07, 6.45) is 0. The van der Waals surface area contributed by atoms with E-state index in [-0.39, 0.29) is 0 Å². The molecule has 22 heavy (non-hydrogen) atoms. The lowest BCUT2D eigenvalue weighted by molar-refractivity contribution is -0.612. The van der Waals surface area contributed by atoms with Crippen LogP contribution in [0, 0.1) is 12.1 Å². The van der Waals surface area contributed by atoms with Gasteiger partial charge in [0.15, 0.2) is 5.69 Å². The van der Waals surface area contributed by atoms with Crippen molar-refractivity contribution in [3.05, 3.63) is 76.7 Å². The molecule has 3 rings (SSSR count). The fourth-order valence-corrected chi connectivity index (χ4v) is 3.12. The second-order valence-corrected chi connectivity index (χ2v) is 5.82. The van der Waals surface area contributed by atoms with Gasteiger partial charge >= 0.3 is 0 Å². The van der Waals surface area contributed by atoms with Gasteiger partial charge in [0.2, 0.25) is 5.69 Å². The SMILES string of the molecule is C=C(C)c1c(-c2ccccc2)c2c(Cl)cccc2c(C)[n+]1[O-]. The van der Waals surface area contributed by atoms with Crippen molar-refractivity contribution >= 4 is 27.9 Å². The Labute approximate surface area is 134 Å². The average Bonchev–Trinajstić information content (AvgIpc) is 2.51. The zero-order chi connectivity index (χ0) is 15.9. The highest BCUT2D eigenvalue weighted by Crippen LogP contribution is 2.38. The minimum atomic E-state index is 0.573. The molecule has 0 N–H and O–H groups in total. The summed E-state index contributed by atoms with van der Waals surface area (Å²) < 4.78 is 0.962. The molecule has 3 heteroatoms. The molecule has 0 aliphatic rings. The summed E-state index contributed by atoms with van der Waals surface area (Å²) >= 11 is 6.47. The van der Waals surface area contributed by atoms with Gasteiger partial charge in [-0.3, -0.25) is 0 Å². The van der Waals surface area contributed by atoms with Crippen LogP contribution >= 0.6 is 11.6 Å². The molecule has 2 nitrogen and oxygen atoms in total. The van der Waals surface area contributed by atoms with E-state index in [9.17, 15) is 5.21 Å². The molecule has 2 aromatic carbocycles. The van der Waals surface area contributed by atoms with Crippen molar-refractivity contribution in [2.24, 2.45) is 0 Å². The third-order valence-electron chi connectivity index (χ3n) is 3.86. The highest BCUT2D eigenvalue weighted by atomic mass is 35.5. The smallest absolute Gasteiger partial charge is 0.227 e. The lowest BCUT2D eigenvalue weighted by Gasteiger charge is -2.17. The molecular formula is C19H16ClNO. The molecular weight excluding hydrogens is 294 g/mol. The number of fused-ring (bicyclic) bond motifs is 1. The number of allylic oxidation sites excluding steroid dienone is 1. The molecule has 110 valence electrons. The molecule has 0 radical (unpaired) electrons. The van der Waals surface area contributed by atoms with Crippen molar-refractivity contribution < 1.29 is 4.73 Å². The highest BCUT2D eigenvalue weighted by Gasteiger charge is 2.24. The number of nitrogens with zero attached hydrogens (tertiary/aromatic N) is 1. The number of halogens is 1.